The van der Waals surface area contributed by atoms with Crippen LogP contribution in [0.25, 0.3) is 21.8 Å². The number of thioether (sulfide) groups is 1. The Hall–Kier alpha value is -3.45. The minimum Gasteiger partial charge on any atom is -0.394 e. The number of nitrogens with zero attached hydrogens (tertiary/aromatic N) is 5. The SMILES string of the molecule is N#Cc1c(NC[C@H](O)CO)nc(SCc2csc(-c3ccc(Cl)cc3)n2)c(C#N)c1-c1ccn[nH]1. The standard InChI is InChI=1S/C23H18ClN7O2S2/c24-14-3-1-13(2-4-14)22-29-15(11-34-22)12-35-23-18(8-26)20(19-5-6-28-31-19)17(7-25)21(30-23)27-9-16(33)10-32/h1-6,11,16,32-33H,9-10,12H2,(H,27,30)(H,28,31)/t16-/m0/s1. The minimum atomic E-state index is -1.04. The summed E-state index contributed by atoms with van der Waals surface area (Å²) < 4.78 is 0. The molecule has 0 unspecified atom stereocenters. The van der Waals surface area contributed by atoms with E-state index >= 15 is 0 Å². The lowest BCUT2D eigenvalue weighted by Gasteiger charge is -2.16. The lowest BCUT2D eigenvalue weighted by atomic mass is 10.0. The molecule has 0 bridgehead atoms. The summed E-state index contributed by atoms with van der Waals surface area (Å²) >= 11 is 8.79. The Morgan fingerprint density at radius 1 is 1.14 bits per heavy atom. The molecule has 12 heteroatoms. The summed E-state index contributed by atoms with van der Waals surface area (Å²) in [5.41, 5.74) is 3.00. The second-order valence-electron chi connectivity index (χ2n) is 7.24. The number of nitrogens with one attached hydrogen (secondary N) is 2. The third-order valence-corrected chi connectivity index (χ3v) is 7.07. The summed E-state index contributed by atoms with van der Waals surface area (Å²) in [6.07, 6.45) is 0.494. The van der Waals surface area contributed by atoms with Crippen LogP contribution in [0.15, 0.2) is 46.9 Å². The van der Waals surface area contributed by atoms with Crippen LogP contribution in [0.2, 0.25) is 5.02 Å². The van der Waals surface area contributed by atoms with Crippen LogP contribution in [0, 0.1) is 22.7 Å². The van der Waals surface area contributed by atoms with Gasteiger partial charge in [0.25, 0.3) is 0 Å². The van der Waals surface area contributed by atoms with Crippen molar-refractivity contribution >= 4 is 40.5 Å². The monoisotopic (exact) mass is 523 g/mol. The molecule has 35 heavy (non-hydrogen) atoms. The Kier molecular flexibility index (Phi) is 7.98. The van der Waals surface area contributed by atoms with E-state index in [1.807, 2.05) is 29.6 Å². The maximum absolute atomic E-state index is 9.97. The highest BCUT2D eigenvalue weighted by Gasteiger charge is 2.23. The number of thiazole rings is 1. The number of anilines is 1. The van der Waals surface area contributed by atoms with Gasteiger partial charge in [0.15, 0.2) is 0 Å². The molecule has 3 aromatic heterocycles. The highest BCUT2D eigenvalue weighted by molar-refractivity contribution is 7.98. The number of pyridine rings is 1. The van der Waals surface area contributed by atoms with Gasteiger partial charge in [-0.1, -0.05) is 35.5 Å². The van der Waals surface area contributed by atoms with E-state index in [1.54, 1.807) is 6.07 Å². The molecule has 0 aliphatic carbocycles. The summed E-state index contributed by atoms with van der Waals surface area (Å²) in [7, 11) is 0. The number of hydrogen-bond donors (Lipinski definition) is 4. The van der Waals surface area contributed by atoms with E-state index in [2.05, 4.69) is 37.6 Å². The van der Waals surface area contributed by atoms with E-state index in [9.17, 15) is 15.6 Å². The average Bonchev–Trinajstić information content (AvgIpc) is 3.58. The van der Waals surface area contributed by atoms with E-state index in [0.29, 0.717) is 27.1 Å². The van der Waals surface area contributed by atoms with Gasteiger partial charge in [0.05, 0.1) is 29.7 Å². The number of aliphatic hydroxyl groups excluding tert-OH is 2. The highest BCUT2D eigenvalue weighted by atomic mass is 35.5. The summed E-state index contributed by atoms with van der Waals surface area (Å²) in [5.74, 6) is 0.643. The predicted molar refractivity (Wildman–Crippen MR) is 135 cm³/mol. The molecule has 0 fully saturated rings. The van der Waals surface area contributed by atoms with Crippen LogP contribution in [-0.2, 0) is 5.75 Å². The van der Waals surface area contributed by atoms with Crippen LogP contribution in [-0.4, -0.2) is 49.6 Å². The number of rotatable bonds is 9. The first-order valence-corrected chi connectivity index (χ1v) is 12.5. The molecule has 0 radical (unpaired) electrons. The van der Waals surface area contributed by atoms with Crippen molar-refractivity contribution in [2.45, 2.75) is 16.9 Å². The van der Waals surface area contributed by atoms with Crippen molar-refractivity contribution in [2.75, 3.05) is 18.5 Å². The van der Waals surface area contributed by atoms with E-state index in [0.717, 1.165) is 16.3 Å². The summed E-state index contributed by atoms with van der Waals surface area (Å²) in [6, 6.07) is 13.4. The molecule has 4 N–H and O–H groups in total. The van der Waals surface area contributed by atoms with Gasteiger partial charge in [-0.25, -0.2) is 9.97 Å². The first-order valence-electron chi connectivity index (χ1n) is 10.3. The third kappa shape index (κ3) is 5.62. The Bertz CT molecular complexity index is 1390. The van der Waals surface area contributed by atoms with Crippen LogP contribution in [0.5, 0.6) is 0 Å². The number of nitriles is 2. The maximum atomic E-state index is 9.97. The zero-order valence-electron chi connectivity index (χ0n) is 18.1. The van der Waals surface area contributed by atoms with Gasteiger partial charge in [-0.15, -0.1) is 11.3 Å². The van der Waals surface area contributed by atoms with E-state index in [1.165, 1.54) is 29.3 Å². The van der Waals surface area contributed by atoms with Gasteiger partial charge in [0, 0.05) is 40.0 Å². The number of aliphatic hydroxyl groups is 2. The van der Waals surface area contributed by atoms with Gasteiger partial charge in [-0.2, -0.15) is 15.6 Å². The Balaban J connectivity index is 1.67. The molecule has 4 rings (SSSR count). The smallest absolute Gasteiger partial charge is 0.146 e. The molecule has 0 amide bonds. The number of H-pyrrole nitrogens is 1. The Morgan fingerprint density at radius 2 is 1.91 bits per heavy atom. The van der Waals surface area contributed by atoms with Crippen molar-refractivity contribution in [3.8, 4) is 34.0 Å². The van der Waals surface area contributed by atoms with Crippen LogP contribution in [0.3, 0.4) is 0 Å². The molecule has 0 aliphatic heterocycles. The molecule has 1 aromatic carbocycles. The molecule has 3 heterocycles. The fraction of sp³-hybridized carbons (Fsp3) is 0.174. The van der Waals surface area contributed by atoms with Crippen molar-refractivity contribution in [1.29, 1.82) is 10.5 Å². The van der Waals surface area contributed by atoms with Gasteiger partial charge >= 0.3 is 0 Å². The lowest BCUT2D eigenvalue weighted by Crippen LogP contribution is -2.24. The molecule has 0 saturated carbocycles. The first kappa shape index (κ1) is 24.7. The molecule has 4 aromatic rings. The van der Waals surface area contributed by atoms with Crippen LogP contribution in [0.1, 0.15) is 16.8 Å². The summed E-state index contributed by atoms with van der Waals surface area (Å²) in [5, 5.41) is 52.2. The second-order valence-corrected chi connectivity index (χ2v) is 9.50. The summed E-state index contributed by atoms with van der Waals surface area (Å²) in [6.45, 7) is -0.465. The topological polar surface area (TPSA) is 155 Å². The fourth-order valence-electron chi connectivity index (χ4n) is 3.19. The van der Waals surface area contributed by atoms with Crippen molar-refractivity contribution in [3.05, 3.63) is 63.8 Å². The second kappa shape index (κ2) is 11.3. The van der Waals surface area contributed by atoms with Crippen LogP contribution >= 0.6 is 34.7 Å². The molecule has 0 spiro atoms. The third-order valence-electron chi connectivity index (χ3n) is 4.87. The molecule has 176 valence electrons. The minimum absolute atomic E-state index is 0.0207. The van der Waals surface area contributed by atoms with Crippen LogP contribution < -0.4 is 5.32 Å². The molecular weight excluding hydrogens is 506 g/mol. The molecule has 1 atom stereocenters. The average molecular weight is 524 g/mol. The Labute approximate surface area is 214 Å². The lowest BCUT2D eigenvalue weighted by molar-refractivity contribution is 0.105. The number of hydrogen-bond acceptors (Lipinski definition) is 10. The van der Waals surface area contributed by atoms with Crippen LogP contribution in [0.4, 0.5) is 5.82 Å². The van der Waals surface area contributed by atoms with E-state index < -0.39 is 12.7 Å². The maximum Gasteiger partial charge on any atom is 0.146 e. The van der Waals surface area contributed by atoms with E-state index in [-0.39, 0.29) is 23.5 Å². The van der Waals surface area contributed by atoms with Crippen molar-refractivity contribution < 1.29 is 10.2 Å². The quantitative estimate of drug-likeness (QED) is 0.238. The summed E-state index contributed by atoms with van der Waals surface area (Å²) in [4.78, 5) is 9.20. The van der Waals surface area contributed by atoms with Gasteiger partial charge in [0.2, 0.25) is 0 Å². The zero-order chi connectivity index (χ0) is 24.8. The number of aromatic amines is 1. The highest BCUT2D eigenvalue weighted by Crippen LogP contribution is 2.37. The van der Waals surface area contributed by atoms with Gasteiger partial charge in [-0.3, -0.25) is 5.10 Å². The predicted octanol–water partition coefficient (Wildman–Crippen LogP) is 4.05. The first-order chi connectivity index (χ1) is 17.0. The molecule has 9 nitrogen and oxygen atoms in total. The van der Waals surface area contributed by atoms with Crippen molar-refractivity contribution in [1.82, 2.24) is 20.2 Å². The molecular formula is C23H18ClN7O2S2. The van der Waals surface area contributed by atoms with Gasteiger partial charge in [0.1, 0.15) is 33.6 Å². The van der Waals surface area contributed by atoms with Crippen molar-refractivity contribution in [2.24, 2.45) is 0 Å². The zero-order valence-corrected chi connectivity index (χ0v) is 20.5. The van der Waals surface area contributed by atoms with Gasteiger partial charge in [-0.05, 0) is 18.2 Å². The van der Waals surface area contributed by atoms with Gasteiger partial charge < -0.3 is 15.5 Å². The number of aromatic nitrogens is 4. The van der Waals surface area contributed by atoms with E-state index in [4.69, 9.17) is 16.7 Å². The Morgan fingerprint density at radius 3 is 2.57 bits per heavy atom. The largest absolute Gasteiger partial charge is 0.394 e. The fourth-order valence-corrected chi connectivity index (χ4v) is 5.13. The number of benzene rings is 1. The molecule has 0 saturated heterocycles. The number of halogens is 1. The normalized spacial score (nSPS) is 11.6. The van der Waals surface area contributed by atoms with Crippen molar-refractivity contribution in [3.63, 3.8) is 0 Å². The molecule has 0 aliphatic rings.